The minimum Gasteiger partial charge on any atom is -0.337 e. The maximum Gasteiger partial charge on any atom is 0.416 e. The molecule has 3 saturated heterocycles. The third-order valence-electron chi connectivity index (χ3n) is 9.84. The summed E-state index contributed by atoms with van der Waals surface area (Å²) in [4.78, 5) is 34.7. The Morgan fingerprint density at radius 2 is 1.37 bits per heavy atom. The Bertz CT molecular complexity index is 1630. The lowest BCUT2D eigenvalue weighted by atomic mass is 9.90. The predicted octanol–water partition coefficient (Wildman–Crippen LogP) is 7.84. The molecular weight excluding hydrogens is 713 g/mol. The van der Waals surface area contributed by atoms with Crippen molar-refractivity contribution < 1.29 is 35.9 Å². The summed E-state index contributed by atoms with van der Waals surface area (Å²) in [6, 6.07) is 7.69. The van der Waals surface area contributed by atoms with Gasteiger partial charge in [-0.15, -0.1) is 0 Å². The average molecular weight is 748 g/mol. The highest BCUT2D eigenvalue weighted by Gasteiger charge is 2.41. The molecule has 4 heterocycles. The van der Waals surface area contributed by atoms with Crippen LogP contribution in [0, 0.1) is 0 Å². The smallest absolute Gasteiger partial charge is 0.337 e. The second-order valence-electron chi connectivity index (χ2n) is 12.9. The Morgan fingerprint density at radius 3 is 1.96 bits per heavy atom. The predicted molar refractivity (Wildman–Crippen MR) is 176 cm³/mol. The monoisotopic (exact) mass is 746 g/mol. The largest absolute Gasteiger partial charge is 0.416 e. The third kappa shape index (κ3) is 8.22. The Balaban J connectivity index is 1.16. The SMILES string of the molecule is O=C(c1ccsc1)N1CC[C@@H](N2CCN([C@H]3CCN(C(=O)c4cc(C(F)(F)F)cc(C(F)(F)F)c4)[C@H](Cc4ccc(Cl)c(Cl)c4)C3)CC2)C1. The van der Waals surface area contributed by atoms with E-state index in [2.05, 4.69) is 9.80 Å². The molecule has 2 aromatic carbocycles. The van der Waals surface area contributed by atoms with Gasteiger partial charge in [-0.05, 0) is 73.0 Å². The number of piperazine rings is 1. The molecule has 3 atom stereocenters. The van der Waals surface area contributed by atoms with Crippen LogP contribution in [0.4, 0.5) is 26.3 Å². The van der Waals surface area contributed by atoms with Gasteiger partial charge in [0.05, 0.1) is 26.7 Å². The number of hydrogen-bond acceptors (Lipinski definition) is 5. The first kappa shape index (κ1) is 36.0. The second-order valence-corrected chi connectivity index (χ2v) is 14.4. The summed E-state index contributed by atoms with van der Waals surface area (Å²) in [5.41, 5.74) is -2.26. The number of alkyl halides is 6. The van der Waals surface area contributed by atoms with E-state index in [1.165, 1.54) is 16.2 Å². The molecule has 0 radical (unpaired) electrons. The molecular formula is C34H34Cl2F6N4O2S. The van der Waals surface area contributed by atoms with Crippen LogP contribution in [-0.4, -0.2) is 95.4 Å². The normalized spacial score (nSPS) is 22.9. The molecule has 0 saturated carbocycles. The molecule has 15 heteroatoms. The highest BCUT2D eigenvalue weighted by Crippen LogP contribution is 2.38. The van der Waals surface area contributed by atoms with Gasteiger partial charge in [0, 0.05) is 74.9 Å². The fourth-order valence-electron chi connectivity index (χ4n) is 7.27. The van der Waals surface area contributed by atoms with E-state index in [0.717, 1.165) is 38.2 Å². The zero-order valence-electron chi connectivity index (χ0n) is 26.2. The third-order valence-corrected chi connectivity index (χ3v) is 11.3. The number of rotatable bonds is 6. The summed E-state index contributed by atoms with van der Waals surface area (Å²) in [7, 11) is 0. The molecule has 49 heavy (non-hydrogen) atoms. The van der Waals surface area contributed by atoms with E-state index in [-0.39, 0.29) is 30.6 Å². The van der Waals surface area contributed by atoms with Gasteiger partial charge in [-0.1, -0.05) is 29.3 Å². The molecule has 264 valence electrons. The molecule has 6 nitrogen and oxygen atoms in total. The summed E-state index contributed by atoms with van der Waals surface area (Å²) < 4.78 is 81.8. The second kappa shape index (κ2) is 14.4. The van der Waals surface area contributed by atoms with E-state index in [9.17, 15) is 35.9 Å². The van der Waals surface area contributed by atoms with Crippen molar-refractivity contribution in [1.82, 2.24) is 19.6 Å². The summed E-state index contributed by atoms with van der Waals surface area (Å²) in [6.45, 7) is 4.66. The number of carbonyl (C=O) groups is 2. The zero-order valence-corrected chi connectivity index (χ0v) is 28.6. The van der Waals surface area contributed by atoms with E-state index < -0.39 is 41.0 Å². The van der Waals surface area contributed by atoms with Crippen LogP contribution in [0.2, 0.25) is 10.0 Å². The van der Waals surface area contributed by atoms with Crippen molar-refractivity contribution in [3.05, 3.63) is 91.1 Å². The molecule has 3 fully saturated rings. The number of halogens is 8. The minimum absolute atomic E-state index is 0.0283. The molecule has 1 aromatic heterocycles. The van der Waals surface area contributed by atoms with E-state index in [1.54, 1.807) is 18.2 Å². The van der Waals surface area contributed by atoms with Crippen LogP contribution < -0.4 is 0 Å². The fraction of sp³-hybridized carbons (Fsp3) is 0.471. The van der Waals surface area contributed by atoms with Gasteiger partial charge in [-0.25, -0.2) is 0 Å². The quantitative estimate of drug-likeness (QED) is 0.241. The van der Waals surface area contributed by atoms with Gasteiger partial charge < -0.3 is 9.80 Å². The Morgan fingerprint density at radius 1 is 0.735 bits per heavy atom. The van der Waals surface area contributed by atoms with Crippen LogP contribution in [-0.2, 0) is 18.8 Å². The lowest BCUT2D eigenvalue weighted by Gasteiger charge is -2.47. The van der Waals surface area contributed by atoms with E-state index in [1.807, 2.05) is 21.7 Å². The summed E-state index contributed by atoms with van der Waals surface area (Å²) in [5, 5.41) is 4.39. The topological polar surface area (TPSA) is 47.1 Å². The highest BCUT2D eigenvalue weighted by molar-refractivity contribution is 7.08. The molecule has 0 unspecified atom stereocenters. The Kier molecular flexibility index (Phi) is 10.6. The van der Waals surface area contributed by atoms with Crippen LogP contribution in [0.1, 0.15) is 56.7 Å². The van der Waals surface area contributed by atoms with Crippen LogP contribution in [0.15, 0.2) is 53.2 Å². The van der Waals surface area contributed by atoms with Crippen LogP contribution in [0.3, 0.4) is 0 Å². The molecule has 0 aliphatic carbocycles. The molecule has 2 amide bonds. The maximum atomic E-state index is 13.8. The number of thiophene rings is 1. The van der Waals surface area contributed by atoms with Gasteiger partial charge >= 0.3 is 12.4 Å². The van der Waals surface area contributed by atoms with Crippen LogP contribution >= 0.6 is 34.5 Å². The van der Waals surface area contributed by atoms with Crippen molar-refractivity contribution in [2.24, 2.45) is 0 Å². The first-order valence-corrected chi connectivity index (χ1v) is 17.7. The molecule has 0 N–H and O–H groups in total. The fourth-order valence-corrected chi connectivity index (χ4v) is 8.22. The van der Waals surface area contributed by atoms with Gasteiger partial charge in [0.2, 0.25) is 0 Å². The molecule has 0 bridgehead atoms. The molecule has 6 rings (SSSR count). The van der Waals surface area contributed by atoms with E-state index >= 15 is 0 Å². The zero-order chi connectivity index (χ0) is 35.1. The number of benzene rings is 2. The van der Waals surface area contributed by atoms with Crippen molar-refractivity contribution in [3.8, 4) is 0 Å². The molecule has 3 aliphatic rings. The Hall–Kier alpha value is -2.84. The molecule has 0 spiro atoms. The van der Waals surface area contributed by atoms with Crippen molar-refractivity contribution in [1.29, 1.82) is 0 Å². The van der Waals surface area contributed by atoms with Gasteiger partial charge in [-0.3, -0.25) is 19.4 Å². The van der Waals surface area contributed by atoms with Gasteiger partial charge in [-0.2, -0.15) is 37.7 Å². The van der Waals surface area contributed by atoms with Crippen molar-refractivity contribution in [2.75, 3.05) is 45.8 Å². The van der Waals surface area contributed by atoms with Crippen LogP contribution in [0.5, 0.6) is 0 Å². The minimum atomic E-state index is -5.07. The van der Waals surface area contributed by atoms with Crippen LogP contribution in [0.25, 0.3) is 0 Å². The lowest BCUT2D eigenvalue weighted by molar-refractivity contribution is -0.143. The summed E-state index contributed by atoms with van der Waals surface area (Å²) >= 11 is 13.9. The first-order chi connectivity index (χ1) is 23.2. The van der Waals surface area contributed by atoms with E-state index in [4.69, 9.17) is 23.2 Å². The van der Waals surface area contributed by atoms with Gasteiger partial charge in [0.1, 0.15) is 0 Å². The van der Waals surface area contributed by atoms with Crippen molar-refractivity contribution >= 4 is 46.4 Å². The number of piperidine rings is 1. The molecule has 3 aromatic rings. The Labute approximate surface area is 294 Å². The number of amides is 2. The lowest BCUT2D eigenvalue weighted by Crippen LogP contribution is -2.58. The number of nitrogens with zero attached hydrogens (tertiary/aromatic N) is 4. The summed E-state index contributed by atoms with van der Waals surface area (Å²) in [6.07, 6.45) is -7.96. The maximum absolute atomic E-state index is 13.8. The average Bonchev–Trinajstić information content (AvgIpc) is 3.79. The first-order valence-electron chi connectivity index (χ1n) is 16.0. The number of likely N-dealkylation sites (tertiary alicyclic amines) is 2. The van der Waals surface area contributed by atoms with Gasteiger partial charge in [0.25, 0.3) is 11.8 Å². The van der Waals surface area contributed by atoms with E-state index in [0.29, 0.717) is 60.1 Å². The molecule has 3 aliphatic heterocycles. The number of carbonyl (C=O) groups excluding carboxylic acids is 2. The van der Waals surface area contributed by atoms with Crippen molar-refractivity contribution in [2.45, 2.75) is 56.2 Å². The summed E-state index contributed by atoms with van der Waals surface area (Å²) in [5.74, 6) is -0.829. The standard InChI is InChI=1S/C34H34Cl2F6N4O2S/c35-29-2-1-21(14-30(29)36)13-28-18-26(4-7-46(28)32(48)23-15-24(33(37,38)39)17-25(16-23)34(40,41)42)43-8-10-44(11-9-43)27-3-6-45(19-27)31(47)22-5-12-49-20-22/h1-2,5,12,14-17,20,26-28H,3-4,6-11,13,18-19H2/t26-,27+,28+/m0/s1. The van der Waals surface area contributed by atoms with Gasteiger partial charge in [0.15, 0.2) is 0 Å². The van der Waals surface area contributed by atoms with Crippen molar-refractivity contribution in [3.63, 3.8) is 0 Å². The highest BCUT2D eigenvalue weighted by atomic mass is 35.5. The number of hydrogen-bond donors (Lipinski definition) is 0.